The van der Waals surface area contributed by atoms with Crippen molar-refractivity contribution in [1.82, 2.24) is 14.9 Å². The lowest BCUT2D eigenvalue weighted by molar-refractivity contribution is -0.274. The van der Waals surface area contributed by atoms with Crippen LogP contribution in [0.1, 0.15) is 5.56 Å². The third-order valence-corrected chi connectivity index (χ3v) is 4.38. The Morgan fingerprint density at radius 3 is 2.50 bits per heavy atom. The molecule has 0 fully saturated rings. The number of likely N-dealkylation sites (N-methyl/N-ethyl adjacent to an activating group) is 1. The van der Waals surface area contributed by atoms with Crippen molar-refractivity contribution in [2.45, 2.75) is 13.3 Å². The molecule has 3 aromatic rings. The number of nitrogens with one attached hydrogen (secondary N) is 2. The highest BCUT2D eigenvalue weighted by Crippen LogP contribution is 2.29. The van der Waals surface area contributed by atoms with Crippen molar-refractivity contribution in [2.75, 3.05) is 37.8 Å². The van der Waals surface area contributed by atoms with Crippen LogP contribution in [0.3, 0.4) is 0 Å². The maximum atomic E-state index is 13.9. The van der Waals surface area contributed by atoms with E-state index in [2.05, 4.69) is 25.3 Å². The Morgan fingerprint density at radius 1 is 1.03 bits per heavy atom. The summed E-state index contributed by atoms with van der Waals surface area (Å²) in [7, 11) is 3.84. The molecule has 0 spiro atoms. The minimum atomic E-state index is -4.80. The van der Waals surface area contributed by atoms with Gasteiger partial charge in [0.1, 0.15) is 17.4 Å². The van der Waals surface area contributed by atoms with Crippen LogP contribution in [0, 0.1) is 12.7 Å². The van der Waals surface area contributed by atoms with Crippen LogP contribution >= 0.6 is 0 Å². The molecule has 0 aliphatic rings. The second-order valence-corrected chi connectivity index (χ2v) is 7.36. The lowest BCUT2D eigenvalue weighted by atomic mass is 10.1. The van der Waals surface area contributed by atoms with Gasteiger partial charge in [-0.1, -0.05) is 18.2 Å². The number of nitrogens with zero attached hydrogens (tertiary/aromatic N) is 3. The SMILES string of the molecule is Cc1ccc(Nc2cc(-c3cccc(OC(F)(F)F)c3)nc(NCCN(C)C)n2)cc1F. The van der Waals surface area contributed by atoms with Crippen LogP contribution in [-0.2, 0) is 0 Å². The molecule has 0 aliphatic carbocycles. The van der Waals surface area contributed by atoms with Crippen molar-refractivity contribution in [1.29, 1.82) is 0 Å². The molecule has 1 aromatic heterocycles. The molecule has 0 bridgehead atoms. The normalized spacial score (nSPS) is 11.5. The molecular weight excluding hydrogens is 426 g/mol. The Morgan fingerprint density at radius 2 is 1.81 bits per heavy atom. The highest BCUT2D eigenvalue weighted by atomic mass is 19.4. The maximum Gasteiger partial charge on any atom is 0.573 e. The van der Waals surface area contributed by atoms with Crippen LogP contribution in [0.25, 0.3) is 11.3 Å². The van der Waals surface area contributed by atoms with Crippen LogP contribution in [0.15, 0.2) is 48.5 Å². The first-order valence-electron chi connectivity index (χ1n) is 9.76. The van der Waals surface area contributed by atoms with E-state index in [9.17, 15) is 17.6 Å². The van der Waals surface area contributed by atoms with Crippen molar-refractivity contribution in [3.63, 3.8) is 0 Å². The number of aryl methyl sites for hydroxylation is 1. The van der Waals surface area contributed by atoms with Gasteiger partial charge in [0, 0.05) is 30.4 Å². The molecule has 0 saturated carbocycles. The fourth-order valence-corrected chi connectivity index (χ4v) is 2.80. The summed E-state index contributed by atoms with van der Waals surface area (Å²) in [6, 6.07) is 11.8. The Kier molecular flexibility index (Phi) is 7.14. The van der Waals surface area contributed by atoms with Crippen molar-refractivity contribution in [2.24, 2.45) is 0 Å². The van der Waals surface area contributed by atoms with E-state index in [-0.39, 0.29) is 17.5 Å². The third kappa shape index (κ3) is 6.81. The lowest BCUT2D eigenvalue weighted by Crippen LogP contribution is -2.21. The largest absolute Gasteiger partial charge is 0.573 e. The minimum Gasteiger partial charge on any atom is -0.406 e. The first-order chi connectivity index (χ1) is 15.1. The first-order valence-corrected chi connectivity index (χ1v) is 9.76. The number of ether oxygens (including phenoxy) is 1. The molecule has 170 valence electrons. The summed E-state index contributed by atoms with van der Waals surface area (Å²) in [5.74, 6) is -0.0919. The number of benzene rings is 2. The molecule has 3 rings (SSSR count). The van der Waals surface area contributed by atoms with E-state index in [0.29, 0.717) is 41.4 Å². The van der Waals surface area contributed by atoms with Gasteiger partial charge in [0.15, 0.2) is 0 Å². The number of alkyl halides is 3. The highest BCUT2D eigenvalue weighted by Gasteiger charge is 2.31. The van der Waals surface area contributed by atoms with E-state index < -0.39 is 6.36 Å². The fourth-order valence-electron chi connectivity index (χ4n) is 2.80. The molecule has 0 saturated heterocycles. The van der Waals surface area contributed by atoms with E-state index in [4.69, 9.17) is 0 Å². The number of halogens is 4. The zero-order valence-corrected chi connectivity index (χ0v) is 17.8. The van der Waals surface area contributed by atoms with Crippen molar-refractivity contribution < 1.29 is 22.3 Å². The number of rotatable bonds is 8. The second-order valence-electron chi connectivity index (χ2n) is 7.36. The molecule has 1 heterocycles. The summed E-state index contributed by atoms with van der Waals surface area (Å²) < 4.78 is 55.8. The van der Waals surface area contributed by atoms with Gasteiger partial charge in [0.05, 0.1) is 5.69 Å². The van der Waals surface area contributed by atoms with Crippen molar-refractivity contribution in [3.05, 3.63) is 59.9 Å². The number of hydrogen-bond acceptors (Lipinski definition) is 6. The average molecular weight is 449 g/mol. The smallest absolute Gasteiger partial charge is 0.406 e. The third-order valence-electron chi connectivity index (χ3n) is 4.38. The van der Waals surface area contributed by atoms with Gasteiger partial charge < -0.3 is 20.3 Å². The van der Waals surface area contributed by atoms with Gasteiger partial charge in [-0.15, -0.1) is 13.2 Å². The number of anilines is 3. The molecular formula is C22H23F4N5O. The number of aromatic nitrogens is 2. The second kappa shape index (κ2) is 9.82. The van der Waals surface area contributed by atoms with E-state index in [0.717, 1.165) is 0 Å². The monoisotopic (exact) mass is 449 g/mol. The lowest BCUT2D eigenvalue weighted by Gasteiger charge is -2.14. The molecule has 0 unspecified atom stereocenters. The zero-order chi connectivity index (χ0) is 23.3. The summed E-state index contributed by atoms with van der Waals surface area (Å²) in [5, 5.41) is 6.12. The highest BCUT2D eigenvalue weighted by molar-refractivity contribution is 5.68. The Hall–Kier alpha value is -3.40. The molecule has 2 N–H and O–H groups in total. The molecule has 0 radical (unpaired) electrons. The Balaban J connectivity index is 1.94. The standard InChI is InChI=1S/C22H23F4N5O/c1-14-7-8-16(12-18(14)23)28-20-13-19(29-21(30-20)27-9-10-31(2)3)15-5-4-6-17(11-15)32-22(24,25)26/h4-8,11-13H,9-10H2,1-3H3,(H2,27,28,29,30). The Labute approximate surface area is 183 Å². The average Bonchev–Trinajstić information content (AvgIpc) is 2.69. The molecule has 0 atom stereocenters. The topological polar surface area (TPSA) is 62.3 Å². The molecule has 10 heteroatoms. The first kappa shape index (κ1) is 23.3. The Bertz CT molecular complexity index is 1070. The van der Waals surface area contributed by atoms with Gasteiger partial charge in [-0.25, -0.2) is 9.37 Å². The van der Waals surface area contributed by atoms with Crippen molar-refractivity contribution >= 4 is 17.5 Å². The predicted molar refractivity (Wildman–Crippen MR) is 116 cm³/mol. The molecule has 0 amide bonds. The molecule has 0 aliphatic heterocycles. The summed E-state index contributed by atoms with van der Waals surface area (Å²) in [6.45, 7) is 2.92. The van der Waals surface area contributed by atoms with Gasteiger partial charge in [-0.2, -0.15) is 4.98 Å². The van der Waals surface area contributed by atoms with E-state index >= 15 is 0 Å². The summed E-state index contributed by atoms with van der Waals surface area (Å²) in [6.07, 6.45) is -4.80. The van der Waals surface area contributed by atoms with Gasteiger partial charge in [-0.3, -0.25) is 0 Å². The van der Waals surface area contributed by atoms with Crippen LogP contribution in [0.4, 0.5) is 35.0 Å². The van der Waals surface area contributed by atoms with Gasteiger partial charge in [0.25, 0.3) is 0 Å². The summed E-state index contributed by atoms with van der Waals surface area (Å²) in [4.78, 5) is 10.8. The van der Waals surface area contributed by atoms with Gasteiger partial charge >= 0.3 is 6.36 Å². The van der Waals surface area contributed by atoms with E-state index in [1.54, 1.807) is 31.2 Å². The van der Waals surface area contributed by atoms with E-state index in [1.807, 2.05) is 19.0 Å². The van der Waals surface area contributed by atoms with Crippen LogP contribution in [-0.4, -0.2) is 48.4 Å². The molecule has 32 heavy (non-hydrogen) atoms. The van der Waals surface area contributed by atoms with E-state index in [1.165, 1.54) is 24.3 Å². The van der Waals surface area contributed by atoms with Crippen LogP contribution in [0.2, 0.25) is 0 Å². The van der Waals surface area contributed by atoms with Gasteiger partial charge in [-0.05, 0) is 50.8 Å². The van der Waals surface area contributed by atoms with Crippen LogP contribution in [0.5, 0.6) is 5.75 Å². The molecule has 2 aromatic carbocycles. The molecule has 6 nitrogen and oxygen atoms in total. The fraction of sp³-hybridized carbons (Fsp3) is 0.273. The minimum absolute atomic E-state index is 0.279. The maximum absolute atomic E-state index is 13.9. The zero-order valence-electron chi connectivity index (χ0n) is 17.8. The van der Waals surface area contributed by atoms with Crippen LogP contribution < -0.4 is 15.4 Å². The summed E-state index contributed by atoms with van der Waals surface area (Å²) in [5.41, 5.74) is 1.76. The van der Waals surface area contributed by atoms with Gasteiger partial charge in [0.2, 0.25) is 5.95 Å². The summed E-state index contributed by atoms with van der Waals surface area (Å²) >= 11 is 0. The quantitative estimate of drug-likeness (QED) is 0.461. The number of hydrogen-bond donors (Lipinski definition) is 2. The van der Waals surface area contributed by atoms with Crippen molar-refractivity contribution in [3.8, 4) is 17.0 Å². The predicted octanol–water partition coefficient (Wildman–Crippen LogP) is 5.21.